The van der Waals surface area contributed by atoms with Crippen LogP contribution in [0.15, 0.2) is 66.9 Å². The standard InChI is InChI=1S/C50H53FN12O4/c1-6-60-36(20-26-8-7-16-53-45(26)60)47-54-32-19-31(23-39(67-5)43(32)58(47)2)50(65)63-25-29-10-13-35(63)42(29)56-40-14-11-27-21-37(61(17-15-51)46(27)57-40)48-55-33-18-30(22-38(66-4)44(33)59(48)3)49(64)62-24-28-9-12-34(62)41(28)52/h7-8,11,14,16,18-23,28-29,34-35,41-42H,6,9-10,12-13,15,17,24-25,52H2,1-5H3,(H,56,57)/t28-,29+,34-,35+,41-,42+/m1/s1. The largest absolute Gasteiger partial charge is 0.494 e. The fourth-order valence-electron chi connectivity index (χ4n) is 12.2. The van der Waals surface area contributed by atoms with Crippen molar-refractivity contribution in [2.75, 3.05) is 39.3 Å². The molecule has 0 spiro atoms. The Labute approximate surface area is 385 Å². The van der Waals surface area contributed by atoms with E-state index in [1.165, 1.54) is 0 Å². The number of hydrogen-bond acceptors (Lipinski definition) is 10. The molecule has 2 saturated heterocycles. The quantitative estimate of drug-likeness (QED) is 0.141. The van der Waals surface area contributed by atoms with Crippen LogP contribution in [0.2, 0.25) is 0 Å². The summed E-state index contributed by atoms with van der Waals surface area (Å²) in [5.74, 6) is 3.56. The molecule has 0 unspecified atom stereocenters. The van der Waals surface area contributed by atoms with Crippen molar-refractivity contribution in [1.82, 2.24) is 48.0 Å². The first-order chi connectivity index (χ1) is 32.6. The lowest BCUT2D eigenvalue weighted by Gasteiger charge is -2.28. The molecule has 2 saturated carbocycles. The number of amides is 2. The summed E-state index contributed by atoms with van der Waals surface area (Å²) in [5.41, 5.74) is 13.5. The third-order valence-corrected chi connectivity index (χ3v) is 15.4. The number of fused-ring (bicyclic) bond motifs is 8. The number of anilines is 1. The highest BCUT2D eigenvalue weighted by atomic mass is 19.1. The minimum absolute atomic E-state index is 0.00916. The summed E-state index contributed by atoms with van der Waals surface area (Å²) in [6.45, 7) is 3.55. The lowest BCUT2D eigenvalue weighted by Crippen LogP contribution is -2.41. The molecule has 2 amide bonds. The number of ether oxygens (including phenoxy) is 2. The van der Waals surface area contributed by atoms with E-state index in [-0.39, 0.29) is 48.4 Å². The van der Waals surface area contributed by atoms with E-state index in [9.17, 15) is 14.0 Å². The van der Waals surface area contributed by atoms with Crippen LogP contribution in [0.25, 0.3) is 67.2 Å². The minimum atomic E-state index is -0.608. The number of imidazole rings is 2. The summed E-state index contributed by atoms with van der Waals surface area (Å²) in [6, 6.07) is 19.3. The van der Waals surface area contributed by atoms with Crippen LogP contribution in [-0.4, -0.2) is 118 Å². The number of carbonyl (C=O) groups excluding carboxylic acids is 2. The summed E-state index contributed by atoms with van der Waals surface area (Å²) in [5, 5.41) is 5.59. The number of pyridine rings is 2. The molecule has 67 heavy (non-hydrogen) atoms. The van der Waals surface area contributed by atoms with Crippen LogP contribution in [0.5, 0.6) is 11.5 Å². The van der Waals surface area contributed by atoms with Gasteiger partial charge >= 0.3 is 0 Å². The SMILES string of the molecule is CCn1c(-c2nc3cc(C(=O)N4C[C@@H]5CC[C@H]4[C@H]5Nc4ccc5cc(-c6nc7cc(C(=O)N8C[C@H]9CC[C@@H]8[C@@H]9N)cc(OC)c7n6C)n(CCF)c5n4)cc(OC)c3n2C)cc2cccnc21. The van der Waals surface area contributed by atoms with Gasteiger partial charge in [-0.25, -0.2) is 24.3 Å². The highest BCUT2D eigenvalue weighted by molar-refractivity contribution is 6.02. The molecule has 2 aromatic carbocycles. The van der Waals surface area contributed by atoms with Gasteiger partial charge in [0, 0.05) is 73.9 Å². The van der Waals surface area contributed by atoms with Crippen molar-refractivity contribution in [3.63, 3.8) is 0 Å². The Bertz CT molecular complexity index is 3330. The molecule has 0 radical (unpaired) electrons. The maximum absolute atomic E-state index is 14.5. The molecule has 17 heteroatoms. The molecule has 6 atom stereocenters. The Morgan fingerprint density at radius 1 is 0.746 bits per heavy atom. The lowest BCUT2D eigenvalue weighted by molar-refractivity contribution is 0.0693. The Morgan fingerprint density at radius 2 is 1.34 bits per heavy atom. The van der Waals surface area contributed by atoms with E-state index in [1.807, 2.05) is 80.1 Å². The zero-order valence-corrected chi connectivity index (χ0v) is 38.2. The highest BCUT2D eigenvalue weighted by Crippen LogP contribution is 2.43. The van der Waals surface area contributed by atoms with E-state index in [0.717, 1.165) is 71.2 Å². The first-order valence-corrected chi connectivity index (χ1v) is 23.3. The van der Waals surface area contributed by atoms with Crippen molar-refractivity contribution < 1.29 is 23.5 Å². The maximum atomic E-state index is 14.5. The fourth-order valence-corrected chi connectivity index (χ4v) is 12.2. The molecular weight excluding hydrogens is 852 g/mol. The van der Waals surface area contributed by atoms with Crippen LogP contribution in [0.4, 0.5) is 10.2 Å². The Kier molecular flexibility index (Phi) is 9.61. The van der Waals surface area contributed by atoms with Crippen molar-refractivity contribution in [3.05, 3.63) is 78.0 Å². The first kappa shape index (κ1) is 41.4. The molecule has 16 nitrogen and oxygen atoms in total. The van der Waals surface area contributed by atoms with E-state index >= 15 is 0 Å². The molecule has 344 valence electrons. The monoisotopic (exact) mass is 904 g/mol. The van der Waals surface area contributed by atoms with E-state index < -0.39 is 6.67 Å². The van der Waals surface area contributed by atoms with Gasteiger partial charge in [0.1, 0.15) is 46.3 Å². The van der Waals surface area contributed by atoms with Crippen LogP contribution >= 0.6 is 0 Å². The van der Waals surface area contributed by atoms with Gasteiger partial charge in [-0.2, -0.15) is 0 Å². The number of likely N-dealkylation sites (tertiary alicyclic amines) is 2. The van der Waals surface area contributed by atoms with Crippen LogP contribution in [-0.2, 0) is 27.2 Å². The van der Waals surface area contributed by atoms with Gasteiger partial charge in [-0.15, -0.1) is 0 Å². The smallest absolute Gasteiger partial charge is 0.254 e. The van der Waals surface area contributed by atoms with Gasteiger partial charge in [0.2, 0.25) is 0 Å². The van der Waals surface area contributed by atoms with E-state index in [2.05, 4.69) is 33.9 Å². The number of halogens is 1. The molecule has 2 aliphatic carbocycles. The predicted molar refractivity (Wildman–Crippen MR) is 254 cm³/mol. The number of piperidine rings is 2. The number of carbonyl (C=O) groups is 2. The average Bonchev–Trinajstić information content (AvgIpc) is 4.26. The molecule has 3 N–H and O–H groups in total. The van der Waals surface area contributed by atoms with E-state index in [0.29, 0.717) is 75.7 Å². The fraction of sp³-hybridized carbons (Fsp3) is 0.400. The van der Waals surface area contributed by atoms with Crippen molar-refractivity contribution in [1.29, 1.82) is 0 Å². The molecule has 8 aromatic rings. The van der Waals surface area contributed by atoms with Crippen molar-refractivity contribution in [2.24, 2.45) is 31.7 Å². The number of methoxy groups -OCH3 is 2. The molecule has 12 rings (SSSR count). The van der Waals surface area contributed by atoms with E-state index in [4.69, 9.17) is 30.2 Å². The molecule has 4 bridgehead atoms. The number of hydrogen-bond donors (Lipinski definition) is 2. The third-order valence-electron chi connectivity index (χ3n) is 15.4. The van der Waals surface area contributed by atoms with Gasteiger partial charge in [-0.05, 0) is 105 Å². The number of aromatic nitrogens is 8. The van der Waals surface area contributed by atoms with Crippen LogP contribution < -0.4 is 20.5 Å². The number of aryl methyl sites for hydroxylation is 4. The van der Waals surface area contributed by atoms with Crippen molar-refractivity contribution in [3.8, 4) is 34.5 Å². The lowest BCUT2D eigenvalue weighted by atomic mass is 10.1. The van der Waals surface area contributed by atoms with Gasteiger partial charge in [0.05, 0.1) is 55.3 Å². The number of nitrogens with one attached hydrogen (secondary N) is 1. The molecule has 4 aliphatic rings. The van der Waals surface area contributed by atoms with Crippen LogP contribution in [0.3, 0.4) is 0 Å². The second-order valence-corrected chi connectivity index (χ2v) is 18.7. The van der Waals surface area contributed by atoms with Gasteiger partial charge < -0.3 is 48.6 Å². The van der Waals surface area contributed by atoms with E-state index in [1.54, 1.807) is 26.5 Å². The maximum Gasteiger partial charge on any atom is 0.254 e. The van der Waals surface area contributed by atoms with Crippen LogP contribution in [0, 0.1) is 11.8 Å². The summed E-state index contributed by atoms with van der Waals surface area (Å²) >= 11 is 0. The molecule has 6 aromatic heterocycles. The van der Waals surface area contributed by atoms with Crippen molar-refractivity contribution in [2.45, 2.75) is 69.9 Å². The molecule has 8 heterocycles. The summed E-state index contributed by atoms with van der Waals surface area (Å²) in [6.07, 6.45) is 5.62. The second kappa shape index (κ2) is 15.5. The van der Waals surface area contributed by atoms with Crippen molar-refractivity contribution >= 4 is 61.8 Å². The number of alkyl halides is 1. The van der Waals surface area contributed by atoms with Crippen LogP contribution in [0.1, 0.15) is 53.3 Å². The van der Waals surface area contributed by atoms with Gasteiger partial charge in [-0.1, -0.05) is 0 Å². The molecule has 4 fully saturated rings. The molecule has 2 aliphatic heterocycles. The average molecular weight is 905 g/mol. The topological polar surface area (TPSA) is 168 Å². The van der Waals surface area contributed by atoms with Gasteiger partial charge in [-0.3, -0.25) is 9.59 Å². The summed E-state index contributed by atoms with van der Waals surface area (Å²) in [7, 11) is 7.10. The van der Waals surface area contributed by atoms with Gasteiger partial charge in [0.25, 0.3) is 11.8 Å². The second-order valence-electron chi connectivity index (χ2n) is 18.7. The predicted octanol–water partition coefficient (Wildman–Crippen LogP) is 6.78. The highest BCUT2D eigenvalue weighted by Gasteiger charge is 2.49. The Morgan fingerprint density at radius 3 is 1.94 bits per heavy atom. The normalized spacial score (nSPS) is 22.1. The van der Waals surface area contributed by atoms with Gasteiger partial charge in [0.15, 0.2) is 11.6 Å². The first-order valence-electron chi connectivity index (χ1n) is 23.3. The summed E-state index contributed by atoms with van der Waals surface area (Å²) in [4.78, 5) is 52.2. The Hall–Kier alpha value is -7.01. The summed E-state index contributed by atoms with van der Waals surface area (Å²) < 4.78 is 34.2. The number of nitrogens with zero attached hydrogens (tertiary/aromatic N) is 10. The minimum Gasteiger partial charge on any atom is -0.494 e. The Balaban J connectivity index is 0.827. The molecular formula is C50H53FN12O4. The number of rotatable bonds is 11. The number of benzene rings is 2. The number of nitrogens with two attached hydrogens (primary N) is 1. The third kappa shape index (κ3) is 6.19. The zero-order chi connectivity index (χ0) is 46.0. The zero-order valence-electron chi connectivity index (χ0n) is 38.2.